The third kappa shape index (κ3) is 1.69. The molecule has 2 N–H and O–H groups in total. The molecule has 122 valence electrons. The minimum Gasteiger partial charge on any atom is -0.507 e. The van der Waals surface area contributed by atoms with E-state index in [1.54, 1.807) is 0 Å². The summed E-state index contributed by atoms with van der Waals surface area (Å²) >= 11 is 0. The van der Waals surface area contributed by atoms with Crippen LogP contribution in [-0.2, 0) is 5.67 Å². The summed E-state index contributed by atoms with van der Waals surface area (Å²) in [6.45, 7) is 0. The molecule has 0 radical (unpaired) electrons. The van der Waals surface area contributed by atoms with Crippen molar-refractivity contribution in [3.8, 4) is 5.75 Å². The van der Waals surface area contributed by atoms with Gasteiger partial charge in [0.05, 0.1) is 5.56 Å². The fourth-order valence-electron chi connectivity index (χ4n) is 1.82. The minimum atomic E-state index is -5.60. The van der Waals surface area contributed by atoms with E-state index in [0.717, 1.165) is 0 Å². The van der Waals surface area contributed by atoms with Gasteiger partial charge in [0.2, 0.25) is 11.6 Å². The van der Waals surface area contributed by atoms with Gasteiger partial charge in [-0.2, -0.15) is 26.3 Å². The Morgan fingerprint density at radius 3 is 1.36 bits per heavy atom. The van der Waals surface area contributed by atoms with E-state index >= 15 is 0 Å². The van der Waals surface area contributed by atoms with Crippen LogP contribution in [-0.4, -0.2) is 29.2 Å². The Labute approximate surface area is 115 Å². The van der Waals surface area contributed by atoms with Crippen LogP contribution in [0.25, 0.3) is 0 Å². The van der Waals surface area contributed by atoms with Gasteiger partial charge < -0.3 is 14.7 Å². The zero-order valence-corrected chi connectivity index (χ0v) is 9.78. The molecular weight excluding hydrogens is 338 g/mol. The highest BCUT2D eigenvalue weighted by molar-refractivity contribution is 6.33. The van der Waals surface area contributed by atoms with Crippen LogP contribution < -0.4 is 4.65 Å². The molecule has 0 saturated heterocycles. The summed E-state index contributed by atoms with van der Waals surface area (Å²) in [4.78, 5) is 0. The number of rotatable bonds is 3. The lowest BCUT2D eigenvalue weighted by Gasteiger charge is -2.14. The smallest absolute Gasteiger partial charge is 0.507 e. The first-order valence-electron chi connectivity index (χ1n) is 5.16. The Bertz CT molecular complexity index is 605. The highest BCUT2D eigenvalue weighted by Crippen LogP contribution is 2.74. The summed E-state index contributed by atoms with van der Waals surface area (Å²) in [6.07, 6.45) is 0. The van der Waals surface area contributed by atoms with Crippen LogP contribution in [0.15, 0.2) is 0 Å². The largest absolute Gasteiger partial charge is 0.707 e. The van der Waals surface area contributed by atoms with Gasteiger partial charge in [-0.25, -0.2) is 13.2 Å². The van der Waals surface area contributed by atoms with E-state index < -0.39 is 59.4 Å². The maximum absolute atomic E-state index is 13.6. The van der Waals surface area contributed by atoms with Crippen molar-refractivity contribution in [2.75, 3.05) is 0 Å². The topological polar surface area (TPSA) is 49.7 Å². The molecule has 0 unspecified atom stereocenters. The van der Waals surface area contributed by atoms with E-state index in [2.05, 4.69) is 4.65 Å². The molecule has 1 aromatic rings. The molecule has 0 bridgehead atoms. The second kappa shape index (κ2) is 4.44. The molecule has 0 spiro atoms. The summed E-state index contributed by atoms with van der Waals surface area (Å²) in [5.41, 5.74) is -8.16. The SMILES string of the molecule is OB(O)Oc1c(F)c(F)c(C2(F)C(F)(F)C2(F)F)c(F)c1F. The number of benzene rings is 1. The average Bonchev–Trinajstić information content (AvgIpc) is 2.70. The van der Waals surface area contributed by atoms with E-state index in [0.29, 0.717) is 0 Å². The lowest BCUT2D eigenvalue weighted by atomic mass is 10.0. The second-order valence-electron chi connectivity index (χ2n) is 4.21. The fourth-order valence-corrected chi connectivity index (χ4v) is 1.82. The molecule has 0 heterocycles. The summed E-state index contributed by atoms with van der Waals surface area (Å²) in [5.74, 6) is -24.6. The summed E-state index contributed by atoms with van der Waals surface area (Å²) in [7, 11) is -2.99. The molecule has 1 aliphatic carbocycles. The molecule has 0 aromatic heterocycles. The highest BCUT2D eigenvalue weighted by atomic mass is 19.3. The van der Waals surface area contributed by atoms with Gasteiger partial charge in [-0.1, -0.05) is 0 Å². The average molecular weight is 340 g/mol. The monoisotopic (exact) mass is 340 g/mol. The van der Waals surface area contributed by atoms with E-state index in [9.17, 15) is 39.5 Å². The van der Waals surface area contributed by atoms with E-state index in [-0.39, 0.29) is 0 Å². The third-order valence-corrected chi connectivity index (χ3v) is 2.99. The van der Waals surface area contributed by atoms with Gasteiger partial charge in [0.1, 0.15) is 0 Å². The molecule has 22 heavy (non-hydrogen) atoms. The zero-order valence-electron chi connectivity index (χ0n) is 9.78. The maximum Gasteiger partial charge on any atom is 0.707 e. The van der Waals surface area contributed by atoms with Crippen LogP contribution in [0.3, 0.4) is 0 Å². The van der Waals surface area contributed by atoms with Gasteiger partial charge in [-0.3, -0.25) is 0 Å². The first-order chi connectivity index (χ1) is 9.82. The molecule has 13 heteroatoms. The molecule has 1 fully saturated rings. The van der Waals surface area contributed by atoms with E-state index in [4.69, 9.17) is 10.0 Å². The molecule has 3 nitrogen and oxygen atoms in total. The molecule has 0 amide bonds. The van der Waals surface area contributed by atoms with Crippen LogP contribution in [0.2, 0.25) is 0 Å². The summed E-state index contributed by atoms with van der Waals surface area (Å²) < 4.78 is 122. The zero-order chi connectivity index (χ0) is 17.2. The van der Waals surface area contributed by atoms with Crippen LogP contribution in [0.1, 0.15) is 5.56 Å². The van der Waals surface area contributed by atoms with Gasteiger partial charge >= 0.3 is 19.2 Å². The normalized spacial score (nSPS) is 20.7. The first kappa shape index (κ1) is 16.7. The Kier molecular flexibility index (Phi) is 3.38. The Hall–Kier alpha value is -1.63. The third-order valence-electron chi connectivity index (χ3n) is 2.99. The summed E-state index contributed by atoms with van der Waals surface area (Å²) in [5, 5.41) is 16.6. The van der Waals surface area contributed by atoms with E-state index in [1.165, 1.54) is 0 Å². The van der Waals surface area contributed by atoms with Crippen molar-refractivity contribution in [2.45, 2.75) is 17.5 Å². The Morgan fingerprint density at radius 1 is 0.727 bits per heavy atom. The van der Waals surface area contributed by atoms with Crippen LogP contribution in [0, 0.1) is 23.3 Å². The van der Waals surface area contributed by atoms with Crippen molar-refractivity contribution in [1.82, 2.24) is 0 Å². The number of hydrogen-bond acceptors (Lipinski definition) is 3. The predicted molar refractivity (Wildman–Crippen MR) is 49.8 cm³/mol. The Balaban J connectivity index is 2.72. The van der Waals surface area contributed by atoms with Crippen molar-refractivity contribution >= 4 is 7.32 Å². The standard InChI is InChI=1S/C9H2BF9O3/c11-2-1(7(15)8(16,17)9(7,18)19)3(12)5(14)6(4(2)13)22-10(20)21/h20-21H. The van der Waals surface area contributed by atoms with Gasteiger partial charge in [0.15, 0.2) is 17.4 Å². The van der Waals surface area contributed by atoms with Crippen molar-refractivity contribution in [3.63, 3.8) is 0 Å². The lowest BCUT2D eigenvalue weighted by Crippen LogP contribution is -2.25. The van der Waals surface area contributed by atoms with Gasteiger partial charge in [0.25, 0.3) is 5.67 Å². The molecule has 1 aliphatic rings. The predicted octanol–water partition coefficient (Wildman–Crippen LogP) is 2.04. The number of hydrogen-bond donors (Lipinski definition) is 2. The van der Waals surface area contributed by atoms with Crippen molar-refractivity contribution < 1.29 is 54.2 Å². The molecular formula is C9H2BF9O3. The molecule has 1 saturated carbocycles. The number of halogens is 9. The van der Waals surface area contributed by atoms with Crippen molar-refractivity contribution in [3.05, 3.63) is 28.8 Å². The lowest BCUT2D eigenvalue weighted by molar-refractivity contribution is -0.0278. The molecule has 0 aliphatic heterocycles. The highest BCUT2D eigenvalue weighted by Gasteiger charge is 3.00. The van der Waals surface area contributed by atoms with Gasteiger partial charge in [-0.05, 0) is 0 Å². The van der Waals surface area contributed by atoms with Crippen LogP contribution >= 0.6 is 0 Å². The fraction of sp³-hybridized carbons (Fsp3) is 0.333. The second-order valence-corrected chi connectivity index (χ2v) is 4.21. The van der Waals surface area contributed by atoms with Gasteiger partial charge in [0, 0.05) is 0 Å². The summed E-state index contributed by atoms with van der Waals surface area (Å²) in [6, 6.07) is 0. The van der Waals surface area contributed by atoms with E-state index in [1.807, 2.05) is 0 Å². The van der Waals surface area contributed by atoms with Gasteiger partial charge in [-0.15, -0.1) is 0 Å². The van der Waals surface area contributed by atoms with Crippen LogP contribution in [0.4, 0.5) is 39.5 Å². The first-order valence-corrected chi connectivity index (χ1v) is 5.16. The molecule has 1 aromatic carbocycles. The number of alkyl halides is 5. The maximum atomic E-state index is 13.6. The minimum absolute atomic E-state index is 2.15. The molecule has 2 rings (SSSR count). The molecule has 0 atom stereocenters. The van der Waals surface area contributed by atoms with Crippen molar-refractivity contribution in [1.29, 1.82) is 0 Å². The van der Waals surface area contributed by atoms with Crippen LogP contribution in [0.5, 0.6) is 5.75 Å². The Morgan fingerprint density at radius 2 is 1.09 bits per heavy atom. The quantitative estimate of drug-likeness (QED) is 0.503. The van der Waals surface area contributed by atoms with Crippen molar-refractivity contribution in [2.24, 2.45) is 0 Å².